The zero-order valence-electron chi connectivity index (χ0n) is 15.4. The number of aromatic nitrogens is 2. The average molecular weight is 437 g/mol. The summed E-state index contributed by atoms with van der Waals surface area (Å²) >= 11 is 0.920. The first-order chi connectivity index (χ1) is 13.7. The molecule has 6 nitrogen and oxygen atoms in total. The first-order valence-corrected chi connectivity index (χ1v) is 11.5. The van der Waals surface area contributed by atoms with Crippen molar-refractivity contribution in [2.45, 2.75) is 17.7 Å². The Morgan fingerprint density at radius 2 is 1.83 bits per heavy atom. The fraction of sp³-hybridized carbons (Fsp3) is 0.211. The Morgan fingerprint density at radius 1 is 1.14 bits per heavy atom. The van der Waals surface area contributed by atoms with E-state index in [-0.39, 0.29) is 40.2 Å². The normalized spacial score (nSPS) is 11.7. The quantitative estimate of drug-likeness (QED) is 0.450. The molecule has 0 aliphatic carbocycles. The number of benzene rings is 2. The Morgan fingerprint density at radius 3 is 2.48 bits per heavy atom. The van der Waals surface area contributed by atoms with Crippen molar-refractivity contribution in [1.82, 2.24) is 9.97 Å². The van der Waals surface area contributed by atoms with Gasteiger partial charge in [-0.3, -0.25) is 14.8 Å². The van der Waals surface area contributed by atoms with Crippen molar-refractivity contribution in [1.29, 1.82) is 0 Å². The number of halogens is 2. The number of thioether (sulfide) groups is 1. The van der Waals surface area contributed by atoms with Crippen molar-refractivity contribution >= 4 is 38.6 Å². The lowest BCUT2D eigenvalue weighted by molar-refractivity contribution is 0.103. The number of nitrogens with two attached hydrogens (primary N) is 1. The number of primary sulfonamides is 1. The zero-order chi connectivity index (χ0) is 21.2. The Hall–Kier alpha value is -2.43. The van der Waals surface area contributed by atoms with Gasteiger partial charge in [-0.25, -0.2) is 22.3 Å². The van der Waals surface area contributed by atoms with E-state index in [1.54, 1.807) is 12.3 Å². The molecule has 0 saturated heterocycles. The van der Waals surface area contributed by atoms with Crippen LogP contribution in [-0.2, 0) is 16.4 Å². The molecule has 0 bridgehead atoms. The van der Waals surface area contributed by atoms with Crippen LogP contribution >= 0.6 is 11.8 Å². The molecule has 0 radical (unpaired) electrons. The SMILES string of the molecule is CSc1c(F)cc(CCCS(N)(=O)=O)c(F)c1C(=O)c1ccc2nccnc2c1. The number of rotatable bonds is 7. The Kier molecular flexibility index (Phi) is 6.25. The lowest BCUT2D eigenvalue weighted by atomic mass is 9.98. The van der Waals surface area contributed by atoms with Crippen LogP contribution in [0.4, 0.5) is 8.78 Å². The van der Waals surface area contributed by atoms with Gasteiger partial charge in [0.15, 0.2) is 5.78 Å². The van der Waals surface area contributed by atoms with E-state index >= 15 is 4.39 Å². The average Bonchev–Trinajstić information content (AvgIpc) is 2.68. The Labute approximate surface area is 170 Å². The number of nitrogens with zero attached hydrogens (tertiary/aromatic N) is 2. The fourth-order valence-corrected chi connectivity index (χ4v) is 4.15. The smallest absolute Gasteiger partial charge is 0.209 e. The molecule has 0 aliphatic heterocycles. The molecule has 3 rings (SSSR count). The van der Waals surface area contributed by atoms with Crippen molar-refractivity contribution in [3.63, 3.8) is 0 Å². The molecular formula is C19H17F2N3O3S2. The standard InChI is InChI=1S/C19H17F2N3O3S2/c1-28-19-13(20)9-11(3-2-8-29(22,26)27)17(21)16(19)18(25)12-4-5-14-15(10-12)24-7-6-23-14/h4-7,9-10H,2-3,8H2,1H3,(H2,22,26,27). The van der Waals surface area contributed by atoms with Crippen molar-refractivity contribution < 1.29 is 22.0 Å². The second-order valence-corrected chi connectivity index (χ2v) is 8.85. The molecule has 10 heteroatoms. The molecule has 0 spiro atoms. The molecule has 1 aromatic heterocycles. The molecule has 29 heavy (non-hydrogen) atoms. The van der Waals surface area contributed by atoms with Crippen LogP contribution in [0.5, 0.6) is 0 Å². The van der Waals surface area contributed by atoms with Gasteiger partial charge in [-0.1, -0.05) is 0 Å². The maximum atomic E-state index is 15.2. The number of aryl methyl sites for hydroxylation is 1. The number of fused-ring (bicyclic) bond motifs is 1. The van der Waals surface area contributed by atoms with E-state index in [2.05, 4.69) is 9.97 Å². The lowest BCUT2D eigenvalue weighted by Crippen LogP contribution is -2.17. The van der Waals surface area contributed by atoms with E-state index in [0.29, 0.717) is 11.0 Å². The summed E-state index contributed by atoms with van der Waals surface area (Å²) in [4.78, 5) is 21.2. The lowest BCUT2D eigenvalue weighted by Gasteiger charge is -2.13. The summed E-state index contributed by atoms with van der Waals surface area (Å²) in [5.41, 5.74) is 0.708. The monoisotopic (exact) mass is 437 g/mol. The third kappa shape index (κ3) is 4.77. The van der Waals surface area contributed by atoms with E-state index in [4.69, 9.17) is 5.14 Å². The summed E-state index contributed by atoms with van der Waals surface area (Å²) in [6.07, 6.45) is 4.46. The summed E-state index contributed by atoms with van der Waals surface area (Å²) in [6.45, 7) is 0. The highest BCUT2D eigenvalue weighted by atomic mass is 32.2. The third-order valence-corrected chi connectivity index (χ3v) is 5.95. The fourth-order valence-electron chi connectivity index (χ4n) is 2.96. The van der Waals surface area contributed by atoms with Crippen molar-refractivity contribution in [2.75, 3.05) is 12.0 Å². The number of hydrogen-bond acceptors (Lipinski definition) is 6. The predicted molar refractivity (Wildman–Crippen MR) is 107 cm³/mol. The van der Waals surface area contributed by atoms with E-state index in [1.165, 1.54) is 24.5 Å². The van der Waals surface area contributed by atoms with Gasteiger partial charge in [-0.15, -0.1) is 11.8 Å². The van der Waals surface area contributed by atoms with E-state index < -0.39 is 27.4 Å². The van der Waals surface area contributed by atoms with Gasteiger partial charge >= 0.3 is 0 Å². The predicted octanol–water partition coefficient (Wildman–Crippen LogP) is 3.08. The van der Waals surface area contributed by atoms with E-state index in [0.717, 1.165) is 17.8 Å². The second kappa shape index (κ2) is 8.52. The molecule has 0 unspecified atom stereocenters. The first kappa shape index (κ1) is 21.3. The number of carbonyl (C=O) groups is 1. The summed E-state index contributed by atoms with van der Waals surface area (Å²) < 4.78 is 51.9. The maximum Gasteiger partial charge on any atom is 0.209 e. The first-order valence-electron chi connectivity index (χ1n) is 8.52. The van der Waals surface area contributed by atoms with Crippen LogP contribution in [-0.4, -0.2) is 36.2 Å². The molecule has 0 amide bonds. The maximum absolute atomic E-state index is 15.2. The summed E-state index contributed by atoms with van der Waals surface area (Å²) in [7, 11) is -3.72. The molecule has 0 fully saturated rings. The topological polar surface area (TPSA) is 103 Å². The minimum absolute atomic E-state index is 0.00695. The highest BCUT2D eigenvalue weighted by molar-refractivity contribution is 7.98. The van der Waals surface area contributed by atoms with Crippen LogP contribution in [0, 0.1) is 11.6 Å². The highest BCUT2D eigenvalue weighted by Gasteiger charge is 2.25. The van der Waals surface area contributed by atoms with Crippen molar-refractivity contribution in [3.05, 3.63) is 65.0 Å². The number of sulfonamides is 1. The van der Waals surface area contributed by atoms with Gasteiger partial charge in [0, 0.05) is 18.0 Å². The molecule has 0 saturated carbocycles. The largest absolute Gasteiger partial charge is 0.288 e. The van der Waals surface area contributed by atoms with E-state index in [1.807, 2.05) is 0 Å². The zero-order valence-corrected chi connectivity index (χ0v) is 17.0. The van der Waals surface area contributed by atoms with Gasteiger partial charge < -0.3 is 0 Å². The Balaban J connectivity index is 2.04. The van der Waals surface area contributed by atoms with Crippen LogP contribution < -0.4 is 5.14 Å². The van der Waals surface area contributed by atoms with Gasteiger partial charge in [-0.05, 0) is 48.9 Å². The minimum atomic E-state index is -3.72. The highest BCUT2D eigenvalue weighted by Crippen LogP contribution is 2.31. The van der Waals surface area contributed by atoms with Gasteiger partial charge in [-0.2, -0.15) is 0 Å². The molecule has 152 valence electrons. The van der Waals surface area contributed by atoms with Crippen molar-refractivity contribution in [2.24, 2.45) is 5.14 Å². The molecule has 1 heterocycles. The summed E-state index contributed by atoms with van der Waals surface area (Å²) in [6, 6.07) is 5.53. The number of carbonyl (C=O) groups excluding carboxylic acids is 1. The minimum Gasteiger partial charge on any atom is -0.288 e. The molecule has 0 aliphatic rings. The summed E-state index contributed by atoms with van der Waals surface area (Å²) in [5.74, 6) is -2.67. The van der Waals surface area contributed by atoms with Gasteiger partial charge in [0.25, 0.3) is 0 Å². The second-order valence-electron chi connectivity index (χ2n) is 6.30. The number of hydrogen-bond donors (Lipinski definition) is 1. The van der Waals surface area contributed by atoms with Crippen molar-refractivity contribution in [3.8, 4) is 0 Å². The van der Waals surface area contributed by atoms with Crippen LogP contribution in [0.1, 0.15) is 27.9 Å². The summed E-state index contributed by atoms with van der Waals surface area (Å²) in [5, 5.41) is 4.95. The Bertz CT molecular complexity index is 1200. The third-order valence-electron chi connectivity index (χ3n) is 4.28. The molecule has 0 atom stereocenters. The molecule has 2 aromatic carbocycles. The van der Waals surface area contributed by atoms with Gasteiger partial charge in [0.1, 0.15) is 11.6 Å². The van der Waals surface area contributed by atoms with Crippen LogP contribution in [0.3, 0.4) is 0 Å². The van der Waals surface area contributed by atoms with Crippen LogP contribution in [0.2, 0.25) is 0 Å². The van der Waals surface area contributed by atoms with E-state index in [9.17, 15) is 17.6 Å². The number of ketones is 1. The molecular weight excluding hydrogens is 420 g/mol. The molecule has 3 aromatic rings. The van der Waals surface area contributed by atoms with Gasteiger partial charge in [0.2, 0.25) is 10.0 Å². The van der Waals surface area contributed by atoms with Crippen LogP contribution in [0.15, 0.2) is 41.6 Å². The van der Waals surface area contributed by atoms with Gasteiger partial charge in [0.05, 0.1) is 27.2 Å². The van der Waals surface area contributed by atoms with Crippen LogP contribution in [0.25, 0.3) is 11.0 Å². The molecule has 2 N–H and O–H groups in total.